The van der Waals surface area contributed by atoms with Crippen molar-refractivity contribution in [3.8, 4) is 11.8 Å². The molecule has 2 aliphatic rings. The third-order valence-electron chi connectivity index (χ3n) is 5.66. The number of hydrogen-bond acceptors (Lipinski definition) is 6. The predicted octanol–water partition coefficient (Wildman–Crippen LogP) is 2.77. The Hall–Kier alpha value is -2.33. The lowest BCUT2D eigenvalue weighted by atomic mass is 9.85. The second-order valence-corrected chi connectivity index (χ2v) is 8.33. The quantitative estimate of drug-likeness (QED) is 0.673. The summed E-state index contributed by atoms with van der Waals surface area (Å²) in [4.78, 5) is 10.2. The van der Waals surface area contributed by atoms with Crippen molar-refractivity contribution in [1.29, 1.82) is 0 Å². The summed E-state index contributed by atoms with van der Waals surface area (Å²) in [6.07, 6.45) is 4.93. The summed E-state index contributed by atoms with van der Waals surface area (Å²) in [7, 11) is 0. The molecule has 1 fully saturated rings. The molecule has 7 heteroatoms. The summed E-state index contributed by atoms with van der Waals surface area (Å²) < 4.78 is 0. The summed E-state index contributed by atoms with van der Waals surface area (Å²) >= 11 is 6.34. The zero-order valence-corrected chi connectivity index (χ0v) is 16.5. The molecule has 1 aromatic heterocycles. The van der Waals surface area contributed by atoms with Crippen LogP contribution in [0.2, 0.25) is 5.02 Å². The molecule has 0 bridgehead atoms. The summed E-state index contributed by atoms with van der Waals surface area (Å²) in [6, 6.07) is 5.86. The SMILES string of the molecule is CC1(CO)CN(c2nc(N)ncc2Cl)c2cc(C#CC3(O)CCCC3)ccc21. The maximum atomic E-state index is 10.5. The van der Waals surface area contributed by atoms with E-state index in [4.69, 9.17) is 17.3 Å². The van der Waals surface area contributed by atoms with Gasteiger partial charge in [-0.1, -0.05) is 36.4 Å². The van der Waals surface area contributed by atoms with Gasteiger partial charge >= 0.3 is 0 Å². The molecule has 1 aromatic carbocycles. The first kappa shape index (κ1) is 19.0. The molecule has 0 radical (unpaired) electrons. The van der Waals surface area contributed by atoms with Gasteiger partial charge in [-0.2, -0.15) is 4.98 Å². The van der Waals surface area contributed by atoms with E-state index in [1.54, 1.807) is 0 Å². The first-order valence-corrected chi connectivity index (χ1v) is 9.78. The van der Waals surface area contributed by atoms with Crippen LogP contribution in [-0.4, -0.2) is 38.9 Å². The molecule has 1 aliphatic carbocycles. The van der Waals surface area contributed by atoms with Gasteiger partial charge in [-0.15, -0.1) is 0 Å². The first-order valence-electron chi connectivity index (χ1n) is 9.40. The average molecular weight is 399 g/mol. The van der Waals surface area contributed by atoms with Gasteiger partial charge in [0.1, 0.15) is 10.6 Å². The summed E-state index contributed by atoms with van der Waals surface area (Å²) in [6.45, 7) is 2.49. The van der Waals surface area contributed by atoms with Crippen LogP contribution in [0.15, 0.2) is 24.4 Å². The molecule has 0 amide bonds. The monoisotopic (exact) mass is 398 g/mol. The lowest BCUT2D eigenvalue weighted by Crippen LogP contribution is -2.32. The number of halogens is 1. The Bertz CT molecular complexity index is 978. The van der Waals surface area contributed by atoms with E-state index in [1.165, 1.54) is 6.20 Å². The molecule has 4 N–H and O–H groups in total. The van der Waals surface area contributed by atoms with E-state index < -0.39 is 11.0 Å². The van der Waals surface area contributed by atoms with E-state index in [2.05, 4.69) is 21.8 Å². The molecule has 1 unspecified atom stereocenters. The van der Waals surface area contributed by atoms with Crippen LogP contribution in [0.4, 0.5) is 17.5 Å². The number of aliphatic hydroxyl groups is 2. The topological polar surface area (TPSA) is 95.5 Å². The van der Waals surface area contributed by atoms with Crippen LogP contribution in [0.25, 0.3) is 0 Å². The Kier molecular flexibility index (Phi) is 4.70. The van der Waals surface area contributed by atoms with Gasteiger partial charge in [0.2, 0.25) is 5.95 Å². The van der Waals surface area contributed by atoms with Gasteiger partial charge in [-0.3, -0.25) is 0 Å². The van der Waals surface area contributed by atoms with Crippen molar-refractivity contribution in [2.24, 2.45) is 0 Å². The van der Waals surface area contributed by atoms with E-state index in [0.29, 0.717) is 17.4 Å². The van der Waals surface area contributed by atoms with Crippen molar-refractivity contribution in [3.05, 3.63) is 40.5 Å². The molecule has 2 aromatic rings. The minimum absolute atomic E-state index is 0.0144. The molecule has 0 spiro atoms. The number of nitrogen functional groups attached to an aromatic ring is 1. The van der Waals surface area contributed by atoms with Crippen LogP contribution in [-0.2, 0) is 5.41 Å². The molecule has 0 saturated heterocycles. The van der Waals surface area contributed by atoms with Crippen molar-refractivity contribution in [1.82, 2.24) is 9.97 Å². The molecule has 1 aliphatic heterocycles. The number of nitrogens with zero attached hydrogens (tertiary/aromatic N) is 3. The fourth-order valence-electron chi connectivity index (χ4n) is 4.02. The molecule has 28 heavy (non-hydrogen) atoms. The van der Waals surface area contributed by atoms with E-state index in [1.807, 2.05) is 30.0 Å². The second kappa shape index (κ2) is 6.93. The Morgan fingerprint density at radius 1 is 1.32 bits per heavy atom. The fraction of sp³-hybridized carbons (Fsp3) is 0.429. The number of rotatable bonds is 2. The van der Waals surface area contributed by atoms with Crippen molar-refractivity contribution in [2.75, 3.05) is 23.8 Å². The second-order valence-electron chi connectivity index (χ2n) is 7.93. The van der Waals surface area contributed by atoms with E-state index in [-0.39, 0.29) is 12.6 Å². The van der Waals surface area contributed by atoms with Gasteiger partial charge in [-0.25, -0.2) is 4.98 Å². The zero-order valence-electron chi connectivity index (χ0n) is 15.7. The third kappa shape index (κ3) is 3.30. The lowest BCUT2D eigenvalue weighted by molar-refractivity contribution is 0.110. The van der Waals surface area contributed by atoms with Crippen LogP contribution in [0.3, 0.4) is 0 Å². The van der Waals surface area contributed by atoms with Gasteiger partial charge in [0.25, 0.3) is 0 Å². The normalized spacial score (nSPS) is 22.6. The summed E-state index contributed by atoms with van der Waals surface area (Å²) in [5.74, 6) is 6.81. The standard InChI is InChI=1S/C21H23ClN4O2/c1-20(13-27)12-26(18-16(22)11-24-19(23)25-18)17-10-14(4-5-15(17)20)6-9-21(28)7-2-3-8-21/h4-5,10-11,27-28H,2-3,7-8,12-13H2,1H3,(H2,23,24,25). The highest BCUT2D eigenvalue weighted by Crippen LogP contribution is 2.45. The van der Waals surface area contributed by atoms with E-state index in [0.717, 1.165) is 42.5 Å². The van der Waals surface area contributed by atoms with Crippen LogP contribution in [0, 0.1) is 11.8 Å². The minimum Gasteiger partial charge on any atom is -0.395 e. The number of anilines is 3. The van der Waals surface area contributed by atoms with Crippen LogP contribution >= 0.6 is 11.6 Å². The molecular formula is C21H23ClN4O2. The fourth-order valence-corrected chi connectivity index (χ4v) is 4.21. The molecule has 6 nitrogen and oxygen atoms in total. The average Bonchev–Trinajstić information content (AvgIpc) is 3.25. The Labute approximate surface area is 169 Å². The summed E-state index contributed by atoms with van der Waals surface area (Å²) in [5.41, 5.74) is 7.09. The van der Waals surface area contributed by atoms with Gasteiger partial charge in [0, 0.05) is 23.2 Å². The lowest BCUT2D eigenvalue weighted by Gasteiger charge is -2.24. The van der Waals surface area contributed by atoms with E-state index in [9.17, 15) is 10.2 Å². The number of aromatic nitrogens is 2. The highest BCUT2D eigenvalue weighted by Gasteiger charge is 2.40. The van der Waals surface area contributed by atoms with Gasteiger partial charge < -0.3 is 20.8 Å². The van der Waals surface area contributed by atoms with Gasteiger partial charge in [-0.05, 0) is 43.4 Å². The molecule has 146 valence electrons. The Balaban J connectivity index is 1.78. The molecule has 1 atom stereocenters. The largest absolute Gasteiger partial charge is 0.395 e. The number of hydrogen-bond donors (Lipinski definition) is 3. The number of nitrogens with two attached hydrogens (primary N) is 1. The highest BCUT2D eigenvalue weighted by molar-refractivity contribution is 6.33. The van der Waals surface area contributed by atoms with Crippen molar-refractivity contribution >= 4 is 29.1 Å². The number of fused-ring (bicyclic) bond motifs is 1. The minimum atomic E-state index is -0.886. The van der Waals surface area contributed by atoms with Crippen molar-refractivity contribution in [2.45, 2.75) is 43.6 Å². The molecule has 2 heterocycles. The van der Waals surface area contributed by atoms with Crippen LogP contribution in [0.5, 0.6) is 0 Å². The van der Waals surface area contributed by atoms with Gasteiger partial charge in [0.15, 0.2) is 5.82 Å². The van der Waals surface area contributed by atoms with Gasteiger partial charge in [0.05, 0.1) is 12.8 Å². The van der Waals surface area contributed by atoms with E-state index >= 15 is 0 Å². The predicted molar refractivity (Wildman–Crippen MR) is 110 cm³/mol. The molecular weight excluding hydrogens is 376 g/mol. The van der Waals surface area contributed by atoms with Crippen molar-refractivity contribution < 1.29 is 10.2 Å². The van der Waals surface area contributed by atoms with Crippen LogP contribution < -0.4 is 10.6 Å². The first-order chi connectivity index (χ1) is 13.3. The van der Waals surface area contributed by atoms with Crippen LogP contribution in [0.1, 0.15) is 43.7 Å². The number of aliphatic hydroxyl groups excluding tert-OH is 1. The highest BCUT2D eigenvalue weighted by atomic mass is 35.5. The molecule has 4 rings (SSSR count). The number of benzene rings is 1. The maximum absolute atomic E-state index is 10.5. The maximum Gasteiger partial charge on any atom is 0.222 e. The smallest absolute Gasteiger partial charge is 0.222 e. The summed E-state index contributed by atoms with van der Waals surface area (Å²) in [5, 5.41) is 20.9. The Morgan fingerprint density at radius 3 is 2.79 bits per heavy atom. The third-order valence-corrected chi connectivity index (χ3v) is 5.93. The molecule has 1 saturated carbocycles. The zero-order chi connectivity index (χ0) is 19.9. The Morgan fingerprint density at radius 2 is 2.07 bits per heavy atom. The van der Waals surface area contributed by atoms with Crippen molar-refractivity contribution in [3.63, 3.8) is 0 Å².